The van der Waals surface area contributed by atoms with Gasteiger partial charge < -0.3 is 14.9 Å². The minimum absolute atomic E-state index is 0.131. The van der Waals surface area contributed by atoms with Crippen molar-refractivity contribution in [3.8, 4) is 0 Å². The monoisotopic (exact) mass is 286 g/mol. The Morgan fingerprint density at radius 2 is 1.95 bits per heavy atom. The molecule has 0 spiro atoms. The lowest BCUT2D eigenvalue weighted by molar-refractivity contribution is -0.142. The number of hydrogen-bond donors (Lipinski definition) is 2. The van der Waals surface area contributed by atoms with E-state index in [1.54, 1.807) is 37.3 Å². The fraction of sp³-hybridized carbons (Fsp3) is 0.235. The van der Waals surface area contributed by atoms with Crippen molar-refractivity contribution in [2.24, 2.45) is 0 Å². The van der Waals surface area contributed by atoms with E-state index in [9.17, 15) is 15.0 Å². The van der Waals surface area contributed by atoms with Crippen LogP contribution in [0.5, 0.6) is 0 Å². The molecule has 0 saturated heterocycles. The van der Waals surface area contributed by atoms with Crippen molar-refractivity contribution in [3.05, 3.63) is 71.8 Å². The Hall–Kier alpha value is -2.17. The second-order valence-corrected chi connectivity index (χ2v) is 4.82. The van der Waals surface area contributed by atoms with E-state index in [1.807, 2.05) is 18.2 Å². The summed E-state index contributed by atoms with van der Waals surface area (Å²) in [5, 5.41) is 20.6. The summed E-state index contributed by atoms with van der Waals surface area (Å²) in [5.41, 5.74) is -2.54. The molecular weight excluding hydrogens is 268 g/mol. The molecule has 1 aliphatic carbocycles. The molecule has 21 heavy (non-hydrogen) atoms. The zero-order valence-electron chi connectivity index (χ0n) is 12.0. The van der Waals surface area contributed by atoms with Gasteiger partial charge in [0.05, 0.1) is 5.57 Å². The van der Waals surface area contributed by atoms with Gasteiger partial charge in [-0.2, -0.15) is 0 Å². The number of hydrogen-bond acceptors (Lipinski definition) is 3. The van der Waals surface area contributed by atoms with Gasteiger partial charge in [0.1, 0.15) is 5.60 Å². The highest BCUT2D eigenvalue weighted by Gasteiger charge is 2.54. The van der Waals surface area contributed by atoms with E-state index in [2.05, 4.69) is 0 Å². The zero-order chi connectivity index (χ0) is 15.5. The third kappa shape index (κ3) is 2.22. The molecule has 0 amide bonds. The molecule has 2 atom stereocenters. The summed E-state index contributed by atoms with van der Waals surface area (Å²) in [6.45, 7) is 1.72. The van der Waals surface area contributed by atoms with Crippen molar-refractivity contribution in [3.63, 3.8) is 0 Å². The molecule has 0 bridgehead atoms. The van der Waals surface area contributed by atoms with Gasteiger partial charge in [-0.25, -0.2) is 4.79 Å². The lowest BCUT2D eigenvalue weighted by Crippen LogP contribution is -2.54. The van der Waals surface area contributed by atoms with Crippen molar-refractivity contribution in [2.75, 3.05) is 7.11 Å². The Kier molecular flexibility index (Phi) is 4.11. The summed E-state index contributed by atoms with van der Waals surface area (Å²) in [7, 11) is 1.45. The van der Waals surface area contributed by atoms with Gasteiger partial charge in [-0.15, -0.1) is 0 Å². The minimum atomic E-state index is -1.79. The smallest absolute Gasteiger partial charge is 0.334 e. The molecule has 0 fully saturated rings. The fourth-order valence-electron chi connectivity index (χ4n) is 2.77. The number of aliphatic carboxylic acids is 1. The van der Waals surface area contributed by atoms with Gasteiger partial charge in [0.15, 0.2) is 5.60 Å². The number of allylic oxidation sites excluding steroid dienone is 3. The number of rotatable bonds is 4. The topological polar surface area (TPSA) is 66.8 Å². The normalized spacial score (nSPS) is 28.6. The lowest BCUT2D eigenvalue weighted by Gasteiger charge is -2.45. The molecule has 1 aromatic carbocycles. The molecule has 0 radical (unpaired) electrons. The van der Waals surface area contributed by atoms with E-state index in [0.717, 1.165) is 0 Å². The van der Waals surface area contributed by atoms with Gasteiger partial charge in [0.25, 0.3) is 0 Å². The molecule has 2 unspecified atom stereocenters. The molecule has 0 aromatic heterocycles. The minimum Gasteiger partial charge on any atom is -0.478 e. The van der Waals surface area contributed by atoms with Gasteiger partial charge in [-0.05, 0) is 30.7 Å². The van der Waals surface area contributed by atoms with Crippen LogP contribution >= 0.6 is 0 Å². The highest BCUT2D eigenvalue weighted by Crippen LogP contribution is 2.45. The maximum absolute atomic E-state index is 11.5. The standard InChI is InChI=1S/C17H18O4/c1-3-11-16(20)14(15(18)19)10-7-12-17(16,21-2)13-8-5-4-6-9-13/h3-12,20H,1-2H3,(H,18,19). The highest BCUT2D eigenvalue weighted by molar-refractivity contribution is 5.91. The van der Waals surface area contributed by atoms with Crippen molar-refractivity contribution in [1.82, 2.24) is 0 Å². The molecule has 1 aromatic rings. The van der Waals surface area contributed by atoms with Crippen molar-refractivity contribution in [2.45, 2.75) is 18.1 Å². The third-order valence-electron chi connectivity index (χ3n) is 3.73. The molecule has 2 N–H and O–H groups in total. The summed E-state index contributed by atoms with van der Waals surface area (Å²) in [4.78, 5) is 11.5. The van der Waals surface area contributed by atoms with E-state index in [4.69, 9.17) is 4.74 Å². The molecule has 0 heterocycles. The quantitative estimate of drug-likeness (QED) is 0.834. The predicted octanol–water partition coefficient (Wildman–Crippen LogP) is 2.42. The second kappa shape index (κ2) is 5.68. The lowest BCUT2D eigenvalue weighted by atomic mass is 9.70. The first kappa shape index (κ1) is 15.2. The van der Waals surface area contributed by atoms with E-state index < -0.39 is 17.2 Å². The third-order valence-corrected chi connectivity index (χ3v) is 3.73. The molecule has 110 valence electrons. The SMILES string of the molecule is CC=CC1(O)C(C(=O)O)=CC=CC1(OC)c1ccccc1. The molecular formula is C17H18O4. The summed E-state index contributed by atoms with van der Waals surface area (Å²) < 4.78 is 5.62. The molecule has 1 aliphatic rings. The number of ether oxygens (including phenoxy) is 1. The molecule has 4 heteroatoms. The van der Waals surface area contributed by atoms with Gasteiger partial charge in [0.2, 0.25) is 0 Å². The van der Waals surface area contributed by atoms with E-state index >= 15 is 0 Å². The maximum atomic E-state index is 11.5. The number of benzene rings is 1. The van der Waals surface area contributed by atoms with E-state index in [0.29, 0.717) is 5.56 Å². The molecule has 4 nitrogen and oxygen atoms in total. The maximum Gasteiger partial charge on any atom is 0.334 e. The van der Waals surface area contributed by atoms with Gasteiger partial charge in [-0.1, -0.05) is 42.5 Å². The highest BCUT2D eigenvalue weighted by atomic mass is 16.5. The van der Waals surface area contributed by atoms with Crippen LogP contribution in [0, 0.1) is 0 Å². The first-order chi connectivity index (χ1) is 10.0. The van der Waals surface area contributed by atoms with Crippen LogP contribution in [-0.4, -0.2) is 28.9 Å². The van der Waals surface area contributed by atoms with Crippen molar-refractivity contribution in [1.29, 1.82) is 0 Å². The first-order valence-corrected chi connectivity index (χ1v) is 6.62. The fourth-order valence-corrected chi connectivity index (χ4v) is 2.77. The Balaban J connectivity index is 2.73. The number of aliphatic hydroxyl groups is 1. The number of carboxylic acid groups (broad SMARTS) is 1. The Morgan fingerprint density at radius 3 is 2.48 bits per heavy atom. The number of methoxy groups -OCH3 is 1. The number of carbonyl (C=O) groups is 1. The summed E-state index contributed by atoms with van der Waals surface area (Å²) in [5.74, 6) is -1.18. The Morgan fingerprint density at radius 1 is 1.29 bits per heavy atom. The average Bonchev–Trinajstić information content (AvgIpc) is 2.48. The average molecular weight is 286 g/mol. The summed E-state index contributed by atoms with van der Waals surface area (Å²) >= 11 is 0. The van der Waals surface area contributed by atoms with Crippen LogP contribution in [0.1, 0.15) is 12.5 Å². The first-order valence-electron chi connectivity index (χ1n) is 6.62. The summed E-state index contributed by atoms with van der Waals surface area (Å²) in [6.07, 6.45) is 7.73. The van der Waals surface area contributed by atoms with Crippen molar-refractivity contribution < 1.29 is 19.7 Å². The van der Waals surface area contributed by atoms with Crippen LogP contribution in [0.4, 0.5) is 0 Å². The molecule has 2 rings (SSSR count). The Bertz CT molecular complexity index is 615. The van der Waals surface area contributed by atoms with Crippen LogP contribution in [0.2, 0.25) is 0 Å². The largest absolute Gasteiger partial charge is 0.478 e. The van der Waals surface area contributed by atoms with Crippen molar-refractivity contribution >= 4 is 5.97 Å². The van der Waals surface area contributed by atoms with Gasteiger partial charge in [-0.3, -0.25) is 0 Å². The van der Waals surface area contributed by atoms with Crippen LogP contribution in [-0.2, 0) is 15.1 Å². The van der Waals surface area contributed by atoms with E-state index in [1.165, 1.54) is 19.3 Å². The molecule has 0 aliphatic heterocycles. The Labute approximate surface area is 123 Å². The van der Waals surface area contributed by atoms with Gasteiger partial charge in [0, 0.05) is 7.11 Å². The van der Waals surface area contributed by atoms with E-state index in [-0.39, 0.29) is 5.57 Å². The van der Waals surface area contributed by atoms with Crippen LogP contribution in [0.15, 0.2) is 66.3 Å². The summed E-state index contributed by atoms with van der Waals surface area (Å²) in [6, 6.07) is 9.08. The number of carboxylic acids is 1. The van der Waals surface area contributed by atoms with Crippen LogP contribution < -0.4 is 0 Å². The molecule has 0 saturated carbocycles. The predicted molar refractivity (Wildman–Crippen MR) is 79.8 cm³/mol. The second-order valence-electron chi connectivity index (χ2n) is 4.82. The zero-order valence-corrected chi connectivity index (χ0v) is 12.0. The van der Waals surface area contributed by atoms with Crippen LogP contribution in [0.25, 0.3) is 0 Å². The van der Waals surface area contributed by atoms with Gasteiger partial charge >= 0.3 is 5.97 Å². The van der Waals surface area contributed by atoms with Crippen LogP contribution in [0.3, 0.4) is 0 Å².